The van der Waals surface area contributed by atoms with Crippen LogP contribution in [-0.4, -0.2) is 11.7 Å². The van der Waals surface area contributed by atoms with Crippen LogP contribution in [0.1, 0.15) is 75.2 Å². The molecule has 3 aromatic rings. The van der Waals surface area contributed by atoms with Crippen molar-refractivity contribution >= 4 is 5.57 Å². The summed E-state index contributed by atoms with van der Waals surface area (Å²) >= 11 is 0. The molecule has 0 aliphatic heterocycles. The zero-order valence-corrected chi connectivity index (χ0v) is 21.9. The third-order valence-electron chi connectivity index (χ3n) is 7.36. The fourth-order valence-corrected chi connectivity index (χ4v) is 5.13. The second kappa shape index (κ2) is 12.6. The van der Waals surface area contributed by atoms with E-state index in [1.54, 1.807) is 49.4 Å². The molecule has 2 atom stereocenters. The number of aryl methyl sites for hydroxylation is 1. The zero-order valence-electron chi connectivity index (χ0n) is 21.9. The SMILES string of the molecule is CCCC(O)c1ccc(-c2ccc(CCC3CC=C(c4ccc(OCC)c(F)c4F)CC3)c(F)c2F)cc1. The van der Waals surface area contributed by atoms with Gasteiger partial charge >= 0.3 is 0 Å². The highest BCUT2D eigenvalue weighted by atomic mass is 19.2. The predicted octanol–water partition coefficient (Wildman–Crippen LogP) is 8.96. The Morgan fingerprint density at radius 3 is 2.24 bits per heavy atom. The number of hydrogen-bond donors (Lipinski definition) is 1. The molecule has 1 aliphatic carbocycles. The molecule has 0 saturated heterocycles. The fraction of sp³-hybridized carbons (Fsp3) is 0.375. The summed E-state index contributed by atoms with van der Waals surface area (Å²) in [6.07, 6.45) is 5.94. The van der Waals surface area contributed by atoms with Crippen LogP contribution >= 0.6 is 0 Å². The van der Waals surface area contributed by atoms with Gasteiger partial charge in [-0.15, -0.1) is 0 Å². The first kappa shape index (κ1) is 27.9. The third kappa shape index (κ3) is 6.12. The molecule has 1 aliphatic rings. The van der Waals surface area contributed by atoms with Crippen molar-refractivity contribution < 1.29 is 27.4 Å². The standard InChI is InChI=1S/C32H34F4O2/c1-3-5-27(37)23-14-12-22(13-15-23)25-17-16-24(29(33)30(25)34)11-8-20-6-9-21(10-7-20)26-18-19-28(38-4-2)32(36)31(26)35/h9,12-20,27,37H,3-8,10-11H2,1-2H3. The molecular weight excluding hydrogens is 492 g/mol. The van der Waals surface area contributed by atoms with Gasteiger partial charge in [-0.1, -0.05) is 55.8 Å². The van der Waals surface area contributed by atoms with Gasteiger partial charge in [0.15, 0.2) is 23.2 Å². The molecule has 3 aromatic carbocycles. The molecular formula is C32H34F4O2. The van der Waals surface area contributed by atoms with E-state index in [1.165, 1.54) is 6.07 Å². The molecule has 6 heteroatoms. The van der Waals surface area contributed by atoms with Crippen LogP contribution in [0.15, 0.2) is 54.6 Å². The minimum absolute atomic E-state index is 0.0916. The molecule has 0 radical (unpaired) electrons. The minimum Gasteiger partial charge on any atom is -0.491 e. The zero-order chi connectivity index (χ0) is 27.2. The first-order valence-electron chi connectivity index (χ1n) is 13.4. The number of hydrogen-bond acceptors (Lipinski definition) is 2. The van der Waals surface area contributed by atoms with Crippen LogP contribution in [0, 0.1) is 29.2 Å². The van der Waals surface area contributed by atoms with Crippen molar-refractivity contribution in [1.82, 2.24) is 0 Å². The van der Waals surface area contributed by atoms with Crippen LogP contribution in [-0.2, 0) is 6.42 Å². The van der Waals surface area contributed by atoms with Gasteiger partial charge in [-0.3, -0.25) is 0 Å². The van der Waals surface area contributed by atoms with E-state index in [9.17, 15) is 22.7 Å². The number of aliphatic hydroxyl groups is 1. The van der Waals surface area contributed by atoms with Gasteiger partial charge in [0.2, 0.25) is 5.82 Å². The molecule has 38 heavy (non-hydrogen) atoms. The van der Waals surface area contributed by atoms with E-state index in [0.717, 1.165) is 24.0 Å². The van der Waals surface area contributed by atoms with Gasteiger partial charge in [0.25, 0.3) is 0 Å². The Labute approximate surface area is 222 Å². The highest BCUT2D eigenvalue weighted by molar-refractivity contribution is 5.68. The number of aliphatic hydroxyl groups excluding tert-OH is 1. The Balaban J connectivity index is 1.39. The lowest BCUT2D eigenvalue weighted by atomic mass is 9.83. The van der Waals surface area contributed by atoms with E-state index in [1.807, 2.05) is 13.0 Å². The van der Waals surface area contributed by atoms with E-state index in [4.69, 9.17) is 4.74 Å². The lowest BCUT2D eigenvalue weighted by Crippen LogP contribution is -2.09. The van der Waals surface area contributed by atoms with Gasteiger partial charge < -0.3 is 9.84 Å². The maximum Gasteiger partial charge on any atom is 0.201 e. The van der Waals surface area contributed by atoms with Crippen LogP contribution in [0.5, 0.6) is 5.75 Å². The molecule has 4 rings (SSSR count). The molecule has 0 fully saturated rings. The van der Waals surface area contributed by atoms with Crippen molar-refractivity contribution in [1.29, 1.82) is 0 Å². The quantitative estimate of drug-likeness (QED) is 0.267. The molecule has 0 amide bonds. The number of benzene rings is 3. The number of rotatable bonds is 10. The highest BCUT2D eigenvalue weighted by Gasteiger charge is 2.22. The van der Waals surface area contributed by atoms with Crippen molar-refractivity contribution in [3.63, 3.8) is 0 Å². The molecule has 0 saturated carbocycles. The summed E-state index contributed by atoms with van der Waals surface area (Å²) in [6, 6.07) is 13.2. The van der Waals surface area contributed by atoms with E-state index < -0.39 is 29.4 Å². The van der Waals surface area contributed by atoms with Crippen LogP contribution in [0.3, 0.4) is 0 Å². The average Bonchev–Trinajstić information content (AvgIpc) is 2.93. The second-order valence-electron chi connectivity index (χ2n) is 9.91. The van der Waals surface area contributed by atoms with Crippen molar-refractivity contribution in [2.45, 2.75) is 64.9 Å². The highest BCUT2D eigenvalue weighted by Crippen LogP contribution is 2.36. The normalized spacial score (nSPS) is 16.3. The minimum atomic E-state index is -0.974. The summed E-state index contributed by atoms with van der Waals surface area (Å²) < 4.78 is 63.9. The van der Waals surface area contributed by atoms with Crippen LogP contribution in [0.4, 0.5) is 17.6 Å². The van der Waals surface area contributed by atoms with Gasteiger partial charge in [-0.25, -0.2) is 13.2 Å². The first-order chi connectivity index (χ1) is 18.3. The lowest BCUT2D eigenvalue weighted by molar-refractivity contribution is 0.166. The van der Waals surface area contributed by atoms with Crippen molar-refractivity contribution in [3.8, 4) is 16.9 Å². The molecule has 0 spiro atoms. The van der Waals surface area contributed by atoms with Gasteiger partial charge in [0.05, 0.1) is 12.7 Å². The largest absolute Gasteiger partial charge is 0.491 e. The van der Waals surface area contributed by atoms with E-state index in [0.29, 0.717) is 43.2 Å². The lowest BCUT2D eigenvalue weighted by Gasteiger charge is -2.23. The summed E-state index contributed by atoms with van der Waals surface area (Å²) in [4.78, 5) is 0. The third-order valence-corrected chi connectivity index (χ3v) is 7.36. The summed E-state index contributed by atoms with van der Waals surface area (Å²) in [6.45, 7) is 3.96. The summed E-state index contributed by atoms with van der Waals surface area (Å²) in [7, 11) is 0. The van der Waals surface area contributed by atoms with Crippen molar-refractivity contribution in [2.75, 3.05) is 6.61 Å². The van der Waals surface area contributed by atoms with Crippen LogP contribution in [0.2, 0.25) is 0 Å². The smallest absolute Gasteiger partial charge is 0.201 e. The second-order valence-corrected chi connectivity index (χ2v) is 9.91. The molecule has 202 valence electrons. The Kier molecular flexibility index (Phi) is 9.26. The Morgan fingerprint density at radius 1 is 0.868 bits per heavy atom. The van der Waals surface area contributed by atoms with Gasteiger partial charge in [0, 0.05) is 11.1 Å². The molecule has 2 unspecified atom stereocenters. The maximum atomic E-state index is 15.0. The van der Waals surface area contributed by atoms with Gasteiger partial charge in [-0.2, -0.15) is 4.39 Å². The molecule has 0 heterocycles. The topological polar surface area (TPSA) is 29.5 Å². The monoisotopic (exact) mass is 526 g/mol. The number of halogens is 4. The Hall–Kier alpha value is -3.12. The van der Waals surface area contributed by atoms with E-state index in [2.05, 4.69) is 0 Å². The van der Waals surface area contributed by atoms with E-state index >= 15 is 0 Å². The van der Waals surface area contributed by atoms with Crippen LogP contribution < -0.4 is 4.74 Å². The number of ether oxygens (including phenoxy) is 1. The summed E-state index contributed by atoms with van der Waals surface area (Å²) in [5.74, 6) is -3.42. The fourth-order valence-electron chi connectivity index (χ4n) is 5.13. The molecule has 0 bridgehead atoms. The van der Waals surface area contributed by atoms with Crippen molar-refractivity contribution in [3.05, 3.63) is 94.6 Å². The molecule has 1 N–H and O–H groups in total. The van der Waals surface area contributed by atoms with Crippen molar-refractivity contribution in [2.24, 2.45) is 5.92 Å². The molecule has 0 aromatic heterocycles. The Bertz CT molecular complexity index is 1280. The molecule has 2 nitrogen and oxygen atoms in total. The first-order valence-corrected chi connectivity index (χ1v) is 13.4. The summed E-state index contributed by atoms with van der Waals surface area (Å²) in [5, 5.41) is 10.1. The van der Waals surface area contributed by atoms with E-state index in [-0.39, 0.29) is 29.4 Å². The van der Waals surface area contributed by atoms with Gasteiger partial charge in [0.1, 0.15) is 0 Å². The van der Waals surface area contributed by atoms with Crippen LogP contribution in [0.25, 0.3) is 16.7 Å². The Morgan fingerprint density at radius 2 is 1.58 bits per heavy atom. The van der Waals surface area contributed by atoms with Gasteiger partial charge in [-0.05, 0) is 85.8 Å². The predicted molar refractivity (Wildman–Crippen MR) is 143 cm³/mol. The number of allylic oxidation sites excluding steroid dienone is 2. The summed E-state index contributed by atoms with van der Waals surface area (Å²) in [5.41, 5.74) is 2.85. The average molecular weight is 527 g/mol. The maximum absolute atomic E-state index is 15.0.